The molecule has 1 amide bonds. The normalized spacial score (nSPS) is 10.2. The van der Waals surface area contributed by atoms with Gasteiger partial charge in [0.25, 0.3) is 0 Å². The molecular formula is C11H12N4OS. The Balaban J connectivity index is 2.38. The Hall–Kier alpha value is -1.95. The van der Waals surface area contributed by atoms with E-state index in [0.717, 1.165) is 10.7 Å². The van der Waals surface area contributed by atoms with Crippen LogP contribution in [-0.2, 0) is 0 Å². The third kappa shape index (κ3) is 2.42. The van der Waals surface area contributed by atoms with Gasteiger partial charge in [-0.05, 0) is 12.1 Å². The molecule has 1 aromatic heterocycles. The number of primary amides is 1. The lowest BCUT2D eigenvalue weighted by atomic mass is 10.1. The second-order valence-corrected chi connectivity index (χ2v) is 4.47. The molecular weight excluding hydrogens is 236 g/mol. The predicted molar refractivity (Wildman–Crippen MR) is 68.2 cm³/mol. The molecule has 0 bridgehead atoms. The van der Waals surface area contributed by atoms with Crippen molar-refractivity contribution in [1.29, 1.82) is 0 Å². The van der Waals surface area contributed by atoms with Gasteiger partial charge in [0.2, 0.25) is 11.0 Å². The fourth-order valence-corrected chi connectivity index (χ4v) is 1.93. The van der Waals surface area contributed by atoms with E-state index in [-0.39, 0.29) is 0 Å². The van der Waals surface area contributed by atoms with E-state index >= 15 is 0 Å². The number of hydrogen-bond acceptors (Lipinski definition) is 5. The average Bonchev–Trinajstić information content (AvgIpc) is 2.78. The molecule has 0 saturated heterocycles. The molecule has 2 N–H and O–H groups in total. The molecule has 17 heavy (non-hydrogen) atoms. The molecule has 2 rings (SSSR count). The first-order valence-corrected chi connectivity index (χ1v) is 5.76. The first-order chi connectivity index (χ1) is 8.08. The van der Waals surface area contributed by atoms with E-state index in [1.807, 2.05) is 25.1 Å². The third-order valence-corrected chi connectivity index (χ3v) is 3.09. The van der Waals surface area contributed by atoms with Gasteiger partial charge in [0.05, 0.1) is 0 Å². The lowest BCUT2D eigenvalue weighted by Gasteiger charge is -2.04. The summed E-state index contributed by atoms with van der Waals surface area (Å²) in [6, 6.07) is 6.99. The van der Waals surface area contributed by atoms with Crippen LogP contribution in [0, 0.1) is 0 Å². The number of anilines is 1. The Morgan fingerprint density at radius 1 is 1.41 bits per heavy atom. The first-order valence-electron chi connectivity index (χ1n) is 4.99. The topological polar surface area (TPSA) is 72.1 Å². The lowest BCUT2D eigenvalue weighted by Crippen LogP contribution is -2.10. The highest BCUT2D eigenvalue weighted by molar-refractivity contribution is 7.09. The van der Waals surface area contributed by atoms with Gasteiger partial charge < -0.3 is 10.6 Å². The van der Waals surface area contributed by atoms with Crippen molar-refractivity contribution in [3.63, 3.8) is 0 Å². The maximum absolute atomic E-state index is 11.1. The summed E-state index contributed by atoms with van der Waals surface area (Å²) >= 11 is 1.32. The van der Waals surface area contributed by atoms with Gasteiger partial charge in [0.1, 0.15) is 0 Å². The smallest absolute Gasteiger partial charge is 0.248 e. The van der Waals surface area contributed by atoms with E-state index < -0.39 is 5.91 Å². The van der Waals surface area contributed by atoms with E-state index in [1.54, 1.807) is 18.2 Å². The van der Waals surface area contributed by atoms with Crippen molar-refractivity contribution in [1.82, 2.24) is 9.36 Å². The Labute approximate surface area is 103 Å². The fraction of sp³-hybridized carbons (Fsp3) is 0.182. The van der Waals surface area contributed by atoms with E-state index in [1.165, 1.54) is 11.5 Å². The van der Waals surface area contributed by atoms with Crippen LogP contribution in [0.3, 0.4) is 0 Å². The summed E-state index contributed by atoms with van der Waals surface area (Å²) < 4.78 is 4.24. The molecule has 0 aliphatic rings. The predicted octanol–water partition coefficient (Wildman–Crippen LogP) is 1.37. The van der Waals surface area contributed by atoms with Gasteiger partial charge in [-0.1, -0.05) is 12.1 Å². The van der Waals surface area contributed by atoms with Crippen molar-refractivity contribution >= 4 is 22.6 Å². The summed E-state index contributed by atoms with van der Waals surface area (Å²) in [7, 11) is 3.81. The summed E-state index contributed by atoms with van der Waals surface area (Å²) in [5, 5.41) is 0.824. The van der Waals surface area contributed by atoms with Crippen molar-refractivity contribution in [2.75, 3.05) is 19.0 Å². The highest BCUT2D eigenvalue weighted by Crippen LogP contribution is 2.23. The van der Waals surface area contributed by atoms with E-state index in [4.69, 9.17) is 5.73 Å². The molecule has 88 valence electrons. The molecule has 2 aromatic rings. The highest BCUT2D eigenvalue weighted by atomic mass is 32.1. The quantitative estimate of drug-likeness (QED) is 0.890. The van der Waals surface area contributed by atoms with Crippen LogP contribution in [0.15, 0.2) is 24.3 Å². The van der Waals surface area contributed by atoms with Crippen LogP contribution in [0.2, 0.25) is 0 Å². The van der Waals surface area contributed by atoms with Crippen LogP contribution in [0.5, 0.6) is 0 Å². The van der Waals surface area contributed by atoms with Gasteiger partial charge in [-0.15, -0.1) is 0 Å². The van der Waals surface area contributed by atoms with Gasteiger partial charge in [0.15, 0.2) is 5.82 Å². The molecule has 1 heterocycles. The zero-order chi connectivity index (χ0) is 12.4. The average molecular weight is 248 g/mol. The van der Waals surface area contributed by atoms with Crippen LogP contribution in [0.1, 0.15) is 10.4 Å². The number of benzene rings is 1. The minimum absolute atomic E-state index is 0.449. The van der Waals surface area contributed by atoms with Crippen LogP contribution in [-0.4, -0.2) is 29.4 Å². The van der Waals surface area contributed by atoms with Crippen molar-refractivity contribution in [2.45, 2.75) is 0 Å². The monoisotopic (exact) mass is 248 g/mol. The maximum atomic E-state index is 11.1. The zero-order valence-electron chi connectivity index (χ0n) is 9.54. The molecule has 5 nitrogen and oxygen atoms in total. The number of hydrogen-bond donors (Lipinski definition) is 1. The molecule has 0 fully saturated rings. The molecule has 0 radical (unpaired) electrons. The van der Waals surface area contributed by atoms with E-state index in [0.29, 0.717) is 11.4 Å². The van der Waals surface area contributed by atoms with Crippen molar-refractivity contribution in [2.24, 2.45) is 5.73 Å². The Morgan fingerprint density at radius 2 is 2.18 bits per heavy atom. The summed E-state index contributed by atoms with van der Waals surface area (Å²) in [4.78, 5) is 17.3. The van der Waals surface area contributed by atoms with E-state index in [9.17, 15) is 4.79 Å². The van der Waals surface area contributed by atoms with Gasteiger partial charge in [-0.2, -0.15) is 9.36 Å². The first kappa shape index (κ1) is 11.5. The van der Waals surface area contributed by atoms with Crippen molar-refractivity contribution in [3.05, 3.63) is 29.8 Å². The second-order valence-electron chi connectivity index (χ2n) is 3.74. The molecule has 0 saturated carbocycles. The molecule has 1 aromatic carbocycles. The largest absolute Gasteiger partial charge is 0.366 e. The molecule has 0 spiro atoms. The van der Waals surface area contributed by atoms with Crippen LogP contribution in [0.4, 0.5) is 5.13 Å². The Kier molecular flexibility index (Phi) is 3.06. The number of carbonyl (C=O) groups excluding carboxylic acids is 1. The summed E-state index contributed by atoms with van der Waals surface area (Å²) in [5.41, 5.74) is 6.49. The summed E-state index contributed by atoms with van der Waals surface area (Å²) in [6.45, 7) is 0. The SMILES string of the molecule is CN(C)c1nc(-c2cccc(C(N)=O)c2)ns1. The Morgan fingerprint density at radius 3 is 2.76 bits per heavy atom. The van der Waals surface area contributed by atoms with Crippen molar-refractivity contribution < 1.29 is 4.79 Å². The lowest BCUT2D eigenvalue weighted by molar-refractivity contribution is 0.100. The van der Waals surface area contributed by atoms with E-state index in [2.05, 4.69) is 9.36 Å². The second kappa shape index (κ2) is 4.50. The van der Waals surface area contributed by atoms with Gasteiger partial charge in [-0.3, -0.25) is 4.79 Å². The molecule has 0 aliphatic heterocycles. The van der Waals surface area contributed by atoms with Crippen LogP contribution >= 0.6 is 11.5 Å². The Bertz CT molecular complexity index is 550. The maximum Gasteiger partial charge on any atom is 0.248 e. The highest BCUT2D eigenvalue weighted by Gasteiger charge is 2.09. The van der Waals surface area contributed by atoms with Gasteiger partial charge >= 0.3 is 0 Å². The number of rotatable bonds is 3. The summed E-state index contributed by atoms with van der Waals surface area (Å²) in [6.07, 6.45) is 0. The van der Waals surface area contributed by atoms with Crippen LogP contribution in [0.25, 0.3) is 11.4 Å². The van der Waals surface area contributed by atoms with Gasteiger partial charge in [0, 0.05) is 36.8 Å². The molecule has 6 heteroatoms. The number of carbonyl (C=O) groups is 1. The standard InChI is InChI=1S/C11H12N4OS/c1-15(2)11-13-10(14-17-11)8-5-3-4-7(6-8)9(12)16/h3-6H,1-2H3,(H2,12,16). The zero-order valence-corrected chi connectivity index (χ0v) is 10.4. The summed E-state index contributed by atoms with van der Waals surface area (Å²) in [5.74, 6) is 0.164. The molecule has 0 aliphatic carbocycles. The number of amides is 1. The van der Waals surface area contributed by atoms with Crippen molar-refractivity contribution in [3.8, 4) is 11.4 Å². The number of nitrogens with zero attached hydrogens (tertiary/aromatic N) is 3. The molecule has 0 atom stereocenters. The third-order valence-electron chi connectivity index (χ3n) is 2.20. The fourth-order valence-electron chi connectivity index (χ4n) is 1.33. The minimum atomic E-state index is -0.449. The van der Waals surface area contributed by atoms with Gasteiger partial charge in [-0.25, -0.2) is 0 Å². The van der Waals surface area contributed by atoms with Crippen LogP contribution < -0.4 is 10.6 Å². The number of aromatic nitrogens is 2. The molecule has 0 unspecified atom stereocenters. The minimum Gasteiger partial charge on any atom is -0.366 e. The number of nitrogens with two attached hydrogens (primary N) is 1.